The van der Waals surface area contributed by atoms with Crippen molar-refractivity contribution in [2.45, 2.75) is 44.2 Å². The van der Waals surface area contributed by atoms with E-state index in [1.807, 2.05) is 9.80 Å². The van der Waals surface area contributed by atoms with Crippen LogP contribution in [0, 0.1) is 5.92 Å². The molecule has 6 nitrogen and oxygen atoms in total. The number of ether oxygens (including phenoxy) is 1. The summed E-state index contributed by atoms with van der Waals surface area (Å²) in [5, 5.41) is 0. The average Bonchev–Trinajstić information content (AvgIpc) is 3.22. The maximum absolute atomic E-state index is 12.2. The van der Waals surface area contributed by atoms with Gasteiger partial charge in [0.05, 0.1) is 0 Å². The number of carbonyl (C=O) groups is 2. The summed E-state index contributed by atoms with van der Waals surface area (Å²) in [5.74, 6) is 0.782. The molecule has 3 rings (SSSR count). The first-order valence-electron chi connectivity index (χ1n) is 8.09. The Morgan fingerprint density at radius 1 is 1.10 bits per heavy atom. The first-order valence-corrected chi connectivity index (χ1v) is 8.09. The van der Waals surface area contributed by atoms with Gasteiger partial charge in [0.25, 0.3) is 5.91 Å². The lowest BCUT2D eigenvalue weighted by atomic mass is 10.1. The van der Waals surface area contributed by atoms with Crippen LogP contribution in [0.5, 0.6) is 0 Å². The Bertz CT molecular complexity index is 397. The predicted molar refractivity (Wildman–Crippen MR) is 77.5 cm³/mol. The topological polar surface area (TPSA) is 75.9 Å². The minimum Gasteiger partial charge on any atom is -0.368 e. The zero-order chi connectivity index (χ0) is 14.8. The van der Waals surface area contributed by atoms with Crippen LogP contribution >= 0.6 is 0 Å². The zero-order valence-electron chi connectivity index (χ0n) is 12.5. The number of rotatable bonds is 4. The van der Waals surface area contributed by atoms with Crippen molar-refractivity contribution in [3.8, 4) is 0 Å². The Kier molecular flexibility index (Phi) is 4.45. The molecule has 6 heteroatoms. The third-order valence-corrected chi connectivity index (χ3v) is 4.79. The van der Waals surface area contributed by atoms with Crippen molar-refractivity contribution in [2.75, 3.05) is 32.8 Å². The molecule has 3 fully saturated rings. The second-order valence-corrected chi connectivity index (χ2v) is 6.41. The van der Waals surface area contributed by atoms with Crippen molar-refractivity contribution < 1.29 is 14.3 Å². The molecule has 1 saturated carbocycles. The molecule has 0 aromatic carbocycles. The fourth-order valence-electron chi connectivity index (χ4n) is 3.17. The zero-order valence-corrected chi connectivity index (χ0v) is 12.5. The Morgan fingerprint density at radius 2 is 1.76 bits per heavy atom. The number of hydrogen-bond donors (Lipinski definition) is 1. The molecule has 2 amide bonds. The summed E-state index contributed by atoms with van der Waals surface area (Å²) in [6, 6.07) is 0.0176. The molecule has 0 spiro atoms. The molecule has 0 aromatic heterocycles. The van der Waals surface area contributed by atoms with E-state index in [0.717, 1.165) is 25.7 Å². The lowest BCUT2D eigenvalue weighted by Gasteiger charge is -2.36. The third-order valence-electron chi connectivity index (χ3n) is 4.79. The largest absolute Gasteiger partial charge is 0.368 e. The summed E-state index contributed by atoms with van der Waals surface area (Å²) in [5.41, 5.74) is 6.02. The van der Waals surface area contributed by atoms with Gasteiger partial charge in [-0.05, 0) is 31.6 Å². The van der Waals surface area contributed by atoms with Gasteiger partial charge in [0, 0.05) is 45.2 Å². The summed E-state index contributed by atoms with van der Waals surface area (Å²) < 4.78 is 5.44. The van der Waals surface area contributed by atoms with Gasteiger partial charge in [-0.1, -0.05) is 0 Å². The van der Waals surface area contributed by atoms with Crippen molar-refractivity contribution in [2.24, 2.45) is 11.7 Å². The fraction of sp³-hybridized carbons (Fsp3) is 0.867. The van der Waals surface area contributed by atoms with Crippen LogP contribution in [0.1, 0.15) is 32.1 Å². The van der Waals surface area contributed by atoms with Crippen LogP contribution < -0.4 is 5.73 Å². The second kappa shape index (κ2) is 6.32. The Labute approximate surface area is 125 Å². The molecule has 1 aliphatic carbocycles. The van der Waals surface area contributed by atoms with Gasteiger partial charge in [0.15, 0.2) is 0 Å². The van der Waals surface area contributed by atoms with E-state index < -0.39 is 0 Å². The van der Waals surface area contributed by atoms with E-state index in [1.165, 1.54) is 0 Å². The van der Waals surface area contributed by atoms with Crippen LogP contribution in [0.15, 0.2) is 0 Å². The monoisotopic (exact) mass is 295 g/mol. The van der Waals surface area contributed by atoms with Gasteiger partial charge in [-0.25, -0.2) is 0 Å². The number of piperazine rings is 1. The molecule has 21 heavy (non-hydrogen) atoms. The molecule has 0 aromatic rings. The van der Waals surface area contributed by atoms with E-state index in [2.05, 4.69) is 0 Å². The summed E-state index contributed by atoms with van der Waals surface area (Å²) in [6.07, 6.45) is 4.32. The highest BCUT2D eigenvalue weighted by Crippen LogP contribution is 2.33. The predicted octanol–water partition coefficient (Wildman–Crippen LogP) is -0.0364. The normalized spacial score (nSPS) is 27.8. The number of nitrogens with zero attached hydrogens (tertiary/aromatic N) is 2. The van der Waals surface area contributed by atoms with Gasteiger partial charge in [-0.2, -0.15) is 0 Å². The first-order chi connectivity index (χ1) is 10.1. The van der Waals surface area contributed by atoms with Gasteiger partial charge in [-0.15, -0.1) is 0 Å². The van der Waals surface area contributed by atoms with Crippen molar-refractivity contribution in [3.05, 3.63) is 0 Å². The number of carbonyl (C=O) groups excluding carboxylic acids is 2. The van der Waals surface area contributed by atoms with E-state index in [9.17, 15) is 9.59 Å². The van der Waals surface area contributed by atoms with E-state index in [4.69, 9.17) is 10.5 Å². The summed E-state index contributed by atoms with van der Waals surface area (Å²) in [6.45, 7) is 3.16. The first kappa shape index (κ1) is 14.8. The van der Waals surface area contributed by atoms with Crippen LogP contribution in [0.2, 0.25) is 0 Å². The maximum atomic E-state index is 12.2. The smallest absolute Gasteiger partial charge is 0.251 e. The lowest BCUT2D eigenvalue weighted by Crippen LogP contribution is -2.53. The lowest BCUT2D eigenvalue weighted by molar-refractivity contribution is -0.146. The van der Waals surface area contributed by atoms with E-state index in [0.29, 0.717) is 45.1 Å². The molecule has 0 bridgehead atoms. The van der Waals surface area contributed by atoms with Gasteiger partial charge in [-0.3, -0.25) is 9.59 Å². The van der Waals surface area contributed by atoms with Crippen LogP contribution in [0.4, 0.5) is 0 Å². The third kappa shape index (κ3) is 3.55. The van der Waals surface area contributed by atoms with Crippen LogP contribution in [-0.2, 0) is 14.3 Å². The molecular formula is C15H25N3O3. The van der Waals surface area contributed by atoms with Gasteiger partial charge in [0.2, 0.25) is 5.91 Å². The molecule has 2 aliphatic heterocycles. The minimum atomic E-state index is -0.254. The van der Waals surface area contributed by atoms with E-state index >= 15 is 0 Å². The molecule has 2 saturated heterocycles. The number of amides is 2. The molecule has 0 radical (unpaired) electrons. The quantitative estimate of drug-likeness (QED) is 0.790. The standard InChI is InChI=1S/C15H25N3O3/c16-12(11-3-4-11)10-14(19)17-5-7-18(8-6-17)15(20)13-2-1-9-21-13/h11-13H,1-10,16H2. The summed E-state index contributed by atoms with van der Waals surface area (Å²) in [7, 11) is 0. The Morgan fingerprint density at radius 3 is 2.33 bits per heavy atom. The average molecular weight is 295 g/mol. The number of nitrogens with two attached hydrogens (primary N) is 1. The molecule has 3 aliphatic rings. The maximum Gasteiger partial charge on any atom is 0.251 e. The Hall–Kier alpha value is -1.14. The highest BCUT2D eigenvalue weighted by atomic mass is 16.5. The minimum absolute atomic E-state index is 0.0176. The highest BCUT2D eigenvalue weighted by molar-refractivity contribution is 5.82. The molecule has 2 unspecified atom stereocenters. The van der Waals surface area contributed by atoms with E-state index in [-0.39, 0.29) is 24.0 Å². The summed E-state index contributed by atoms with van der Waals surface area (Å²) >= 11 is 0. The van der Waals surface area contributed by atoms with Crippen LogP contribution in [-0.4, -0.2) is 66.5 Å². The molecule has 2 heterocycles. The SMILES string of the molecule is NC(CC(=O)N1CCN(C(=O)C2CCCO2)CC1)C1CC1. The molecule has 2 N–H and O–H groups in total. The number of hydrogen-bond acceptors (Lipinski definition) is 4. The molecule has 118 valence electrons. The summed E-state index contributed by atoms with van der Waals surface area (Å²) in [4.78, 5) is 28.1. The van der Waals surface area contributed by atoms with Crippen LogP contribution in [0.25, 0.3) is 0 Å². The highest BCUT2D eigenvalue weighted by Gasteiger charge is 2.33. The van der Waals surface area contributed by atoms with Gasteiger partial charge in [0.1, 0.15) is 6.10 Å². The van der Waals surface area contributed by atoms with Gasteiger partial charge < -0.3 is 20.3 Å². The van der Waals surface area contributed by atoms with Crippen molar-refractivity contribution in [1.82, 2.24) is 9.80 Å². The molecule has 2 atom stereocenters. The van der Waals surface area contributed by atoms with Crippen molar-refractivity contribution >= 4 is 11.8 Å². The van der Waals surface area contributed by atoms with Crippen molar-refractivity contribution in [3.63, 3.8) is 0 Å². The molecular weight excluding hydrogens is 270 g/mol. The van der Waals surface area contributed by atoms with Crippen molar-refractivity contribution in [1.29, 1.82) is 0 Å². The fourth-order valence-corrected chi connectivity index (χ4v) is 3.17. The van der Waals surface area contributed by atoms with E-state index in [1.54, 1.807) is 0 Å². The second-order valence-electron chi connectivity index (χ2n) is 6.41. The van der Waals surface area contributed by atoms with Gasteiger partial charge >= 0.3 is 0 Å². The van der Waals surface area contributed by atoms with Crippen LogP contribution in [0.3, 0.4) is 0 Å². The Balaban J connectivity index is 1.43.